The van der Waals surface area contributed by atoms with Gasteiger partial charge in [0.2, 0.25) is 15.9 Å². The van der Waals surface area contributed by atoms with Gasteiger partial charge >= 0.3 is 0 Å². The Morgan fingerprint density at radius 1 is 1.21 bits per heavy atom. The summed E-state index contributed by atoms with van der Waals surface area (Å²) in [5.41, 5.74) is 2.16. The van der Waals surface area contributed by atoms with Crippen LogP contribution in [-0.4, -0.2) is 44.4 Å². The molecule has 1 atom stereocenters. The molecule has 8 heteroatoms. The summed E-state index contributed by atoms with van der Waals surface area (Å²) in [5, 5.41) is 2.76. The molecule has 0 aromatic heterocycles. The standard InChI is InChI=1S/C21H25FN2O4S/c1-15-5-10-20(16(2)14-15)28-13-11-23-21(25)19-4-3-12-24(19)29(26,27)18-8-6-17(22)7-9-18/h5-10,14,19H,3-4,11-13H2,1-2H3,(H,23,25). The normalized spacial score (nSPS) is 17.3. The van der Waals surface area contributed by atoms with Crippen LogP contribution in [-0.2, 0) is 14.8 Å². The van der Waals surface area contributed by atoms with Crippen LogP contribution in [0.15, 0.2) is 47.4 Å². The van der Waals surface area contributed by atoms with Crippen molar-refractivity contribution in [1.29, 1.82) is 0 Å². The van der Waals surface area contributed by atoms with Crippen molar-refractivity contribution in [3.05, 3.63) is 59.4 Å². The zero-order chi connectivity index (χ0) is 21.0. The van der Waals surface area contributed by atoms with Crippen molar-refractivity contribution in [1.82, 2.24) is 9.62 Å². The van der Waals surface area contributed by atoms with Gasteiger partial charge in [0, 0.05) is 6.54 Å². The van der Waals surface area contributed by atoms with Gasteiger partial charge in [0.05, 0.1) is 11.4 Å². The highest BCUT2D eigenvalue weighted by Gasteiger charge is 2.39. The van der Waals surface area contributed by atoms with Gasteiger partial charge in [0.1, 0.15) is 24.2 Å². The van der Waals surface area contributed by atoms with Gasteiger partial charge in [-0.3, -0.25) is 4.79 Å². The van der Waals surface area contributed by atoms with E-state index in [0.717, 1.165) is 29.0 Å². The van der Waals surface area contributed by atoms with Crippen molar-refractivity contribution in [2.45, 2.75) is 37.6 Å². The molecule has 1 saturated heterocycles. The van der Waals surface area contributed by atoms with Crippen LogP contribution in [0, 0.1) is 19.7 Å². The summed E-state index contributed by atoms with van der Waals surface area (Å²) in [4.78, 5) is 12.6. The molecule has 3 rings (SSSR count). The van der Waals surface area contributed by atoms with Gasteiger partial charge in [-0.05, 0) is 62.6 Å². The Kier molecular flexibility index (Phi) is 6.54. The number of nitrogens with zero attached hydrogens (tertiary/aromatic N) is 1. The Morgan fingerprint density at radius 3 is 2.62 bits per heavy atom. The predicted octanol–water partition coefficient (Wildman–Crippen LogP) is 2.79. The van der Waals surface area contributed by atoms with Crippen molar-refractivity contribution in [3.63, 3.8) is 0 Å². The van der Waals surface area contributed by atoms with E-state index in [4.69, 9.17) is 4.74 Å². The molecule has 29 heavy (non-hydrogen) atoms. The number of ether oxygens (including phenoxy) is 1. The molecule has 0 bridgehead atoms. The largest absolute Gasteiger partial charge is 0.491 e. The highest BCUT2D eigenvalue weighted by Crippen LogP contribution is 2.26. The predicted molar refractivity (Wildman–Crippen MR) is 108 cm³/mol. The average molecular weight is 421 g/mol. The molecule has 1 aliphatic heterocycles. The Bertz CT molecular complexity index is 977. The number of aryl methyl sites for hydroxylation is 2. The zero-order valence-electron chi connectivity index (χ0n) is 16.5. The molecule has 1 amide bonds. The first-order chi connectivity index (χ1) is 13.8. The first kappa shape index (κ1) is 21.3. The van der Waals surface area contributed by atoms with Crippen LogP contribution in [0.25, 0.3) is 0 Å². The lowest BCUT2D eigenvalue weighted by atomic mass is 10.1. The third kappa shape index (κ3) is 4.94. The third-order valence-corrected chi connectivity index (χ3v) is 6.84. The monoisotopic (exact) mass is 420 g/mol. The molecule has 1 aliphatic rings. The molecule has 156 valence electrons. The fourth-order valence-corrected chi connectivity index (χ4v) is 5.10. The van der Waals surface area contributed by atoms with Crippen molar-refractivity contribution >= 4 is 15.9 Å². The fourth-order valence-electron chi connectivity index (χ4n) is 3.45. The second kappa shape index (κ2) is 8.92. The minimum atomic E-state index is -3.86. The number of benzene rings is 2. The summed E-state index contributed by atoms with van der Waals surface area (Å²) in [5.74, 6) is -0.105. The van der Waals surface area contributed by atoms with Gasteiger partial charge in [-0.15, -0.1) is 0 Å². The molecule has 2 aromatic rings. The Hall–Kier alpha value is -2.45. The Balaban J connectivity index is 1.57. The van der Waals surface area contributed by atoms with Crippen LogP contribution >= 0.6 is 0 Å². The van der Waals surface area contributed by atoms with Crippen molar-refractivity contribution < 1.29 is 22.3 Å². The second-order valence-corrected chi connectivity index (χ2v) is 9.03. The number of hydrogen-bond donors (Lipinski definition) is 1. The number of sulfonamides is 1. The van der Waals surface area contributed by atoms with E-state index in [1.807, 2.05) is 32.0 Å². The van der Waals surface area contributed by atoms with E-state index in [1.165, 1.54) is 16.4 Å². The fraction of sp³-hybridized carbons (Fsp3) is 0.381. The molecule has 1 fully saturated rings. The summed E-state index contributed by atoms with van der Waals surface area (Å²) in [7, 11) is -3.86. The van der Waals surface area contributed by atoms with Crippen LogP contribution in [0.4, 0.5) is 4.39 Å². The SMILES string of the molecule is Cc1ccc(OCCNC(=O)C2CCCN2S(=O)(=O)c2ccc(F)cc2)c(C)c1. The van der Waals surface area contributed by atoms with Crippen molar-refractivity contribution in [2.24, 2.45) is 0 Å². The first-order valence-electron chi connectivity index (χ1n) is 9.54. The molecule has 0 saturated carbocycles. The molecule has 1 N–H and O–H groups in total. The summed E-state index contributed by atoms with van der Waals surface area (Å²) >= 11 is 0. The minimum absolute atomic E-state index is 0.0169. The number of nitrogens with one attached hydrogen (secondary N) is 1. The number of carbonyl (C=O) groups excluding carboxylic acids is 1. The van der Waals surface area contributed by atoms with Crippen LogP contribution in [0.2, 0.25) is 0 Å². The maximum Gasteiger partial charge on any atom is 0.243 e. The summed E-state index contributed by atoms with van der Waals surface area (Å²) < 4.78 is 45.7. The van der Waals surface area contributed by atoms with Crippen LogP contribution < -0.4 is 10.1 Å². The summed E-state index contributed by atoms with van der Waals surface area (Å²) in [6.07, 6.45) is 1.04. The lowest BCUT2D eigenvalue weighted by Crippen LogP contribution is -2.46. The topological polar surface area (TPSA) is 75.7 Å². The lowest BCUT2D eigenvalue weighted by molar-refractivity contribution is -0.124. The van der Waals surface area contributed by atoms with E-state index >= 15 is 0 Å². The molecule has 0 aliphatic carbocycles. The molecular weight excluding hydrogens is 395 g/mol. The number of carbonyl (C=O) groups is 1. The number of halogens is 1. The first-order valence-corrected chi connectivity index (χ1v) is 11.0. The maximum atomic E-state index is 13.1. The van der Waals surface area contributed by atoms with Gasteiger partial charge < -0.3 is 10.1 Å². The van der Waals surface area contributed by atoms with Gasteiger partial charge in [-0.25, -0.2) is 12.8 Å². The van der Waals surface area contributed by atoms with Gasteiger partial charge in [-0.2, -0.15) is 4.31 Å². The van der Waals surface area contributed by atoms with E-state index < -0.39 is 21.9 Å². The summed E-state index contributed by atoms with van der Waals surface area (Å²) in [6.45, 7) is 4.78. The van der Waals surface area contributed by atoms with Gasteiger partial charge in [-0.1, -0.05) is 17.7 Å². The maximum absolute atomic E-state index is 13.1. The van der Waals surface area contributed by atoms with E-state index in [9.17, 15) is 17.6 Å². The van der Waals surface area contributed by atoms with E-state index in [1.54, 1.807) is 0 Å². The zero-order valence-corrected chi connectivity index (χ0v) is 17.3. The molecular formula is C21H25FN2O4S. The second-order valence-electron chi connectivity index (χ2n) is 7.14. The van der Waals surface area contributed by atoms with E-state index in [2.05, 4.69) is 5.32 Å². The molecule has 1 unspecified atom stereocenters. The smallest absolute Gasteiger partial charge is 0.243 e. The molecule has 2 aromatic carbocycles. The Morgan fingerprint density at radius 2 is 1.93 bits per heavy atom. The van der Waals surface area contributed by atoms with Crippen molar-refractivity contribution in [2.75, 3.05) is 19.7 Å². The highest BCUT2D eigenvalue weighted by molar-refractivity contribution is 7.89. The molecule has 1 heterocycles. The minimum Gasteiger partial charge on any atom is -0.491 e. The third-order valence-electron chi connectivity index (χ3n) is 4.92. The van der Waals surface area contributed by atoms with Crippen molar-refractivity contribution in [3.8, 4) is 5.75 Å². The van der Waals surface area contributed by atoms with Crippen LogP contribution in [0.1, 0.15) is 24.0 Å². The van der Waals surface area contributed by atoms with E-state index in [0.29, 0.717) is 12.8 Å². The number of hydrogen-bond acceptors (Lipinski definition) is 4. The van der Waals surface area contributed by atoms with Gasteiger partial charge in [0.25, 0.3) is 0 Å². The molecule has 0 radical (unpaired) electrons. The Labute approximate surface area is 170 Å². The quantitative estimate of drug-likeness (QED) is 0.699. The molecule has 0 spiro atoms. The average Bonchev–Trinajstić information content (AvgIpc) is 3.18. The van der Waals surface area contributed by atoms with Gasteiger partial charge in [0.15, 0.2) is 0 Å². The van der Waals surface area contributed by atoms with E-state index in [-0.39, 0.29) is 30.5 Å². The number of amides is 1. The lowest BCUT2D eigenvalue weighted by Gasteiger charge is -2.23. The highest BCUT2D eigenvalue weighted by atomic mass is 32.2. The molecule has 6 nitrogen and oxygen atoms in total. The van der Waals surface area contributed by atoms with Crippen LogP contribution in [0.3, 0.4) is 0 Å². The summed E-state index contributed by atoms with van der Waals surface area (Å²) in [6, 6.07) is 9.73. The van der Waals surface area contributed by atoms with Crippen LogP contribution in [0.5, 0.6) is 5.75 Å². The number of rotatable bonds is 7.